The molecule has 5 rings (SSSR count). The fourth-order valence-corrected chi connectivity index (χ4v) is 6.15. The first kappa shape index (κ1) is 26.9. The molecule has 0 spiro atoms. The Hall–Kier alpha value is -3.64. The average molecular weight is 556 g/mol. The van der Waals surface area contributed by atoms with E-state index in [2.05, 4.69) is 31.5 Å². The number of likely N-dealkylation sites (tertiary alicyclic amines) is 1. The predicted octanol–water partition coefficient (Wildman–Crippen LogP) is 4.44. The van der Waals surface area contributed by atoms with E-state index in [0.29, 0.717) is 34.6 Å². The quantitative estimate of drug-likeness (QED) is 0.343. The Labute approximate surface area is 226 Å². The van der Waals surface area contributed by atoms with Crippen molar-refractivity contribution in [2.75, 3.05) is 42.6 Å². The number of nitrogens with one attached hydrogen (secondary N) is 1. The van der Waals surface area contributed by atoms with Gasteiger partial charge >= 0.3 is 0 Å². The molecule has 0 unspecified atom stereocenters. The van der Waals surface area contributed by atoms with Crippen molar-refractivity contribution in [3.8, 4) is 16.8 Å². The van der Waals surface area contributed by atoms with Gasteiger partial charge in [0.2, 0.25) is 10.0 Å². The second-order valence-electron chi connectivity index (χ2n) is 9.90. The zero-order chi connectivity index (χ0) is 27.7. The van der Waals surface area contributed by atoms with Crippen LogP contribution in [0.1, 0.15) is 26.2 Å². The number of piperidine rings is 1. The zero-order valence-electron chi connectivity index (χ0n) is 22.1. The van der Waals surface area contributed by atoms with E-state index in [1.54, 1.807) is 31.6 Å². The molecule has 0 atom stereocenters. The number of sulfonamides is 1. The Morgan fingerprint density at radius 3 is 2.51 bits per heavy atom. The van der Waals surface area contributed by atoms with Crippen LogP contribution in [-0.2, 0) is 10.0 Å². The number of hydrogen-bond donors (Lipinski definition) is 1. The number of halogens is 2. The van der Waals surface area contributed by atoms with Gasteiger partial charge in [-0.05, 0) is 63.7 Å². The molecule has 1 fully saturated rings. The van der Waals surface area contributed by atoms with Gasteiger partial charge in [-0.3, -0.25) is 4.72 Å². The van der Waals surface area contributed by atoms with Crippen LogP contribution in [-0.4, -0.2) is 71.8 Å². The molecular formula is C27H31F2N7O2S. The van der Waals surface area contributed by atoms with Gasteiger partial charge in [0.05, 0.1) is 22.5 Å². The Kier molecular flexibility index (Phi) is 7.50. The maximum absolute atomic E-state index is 15.8. The number of pyridine rings is 1. The number of anilines is 2. The first-order chi connectivity index (χ1) is 18.7. The number of aromatic nitrogens is 4. The van der Waals surface area contributed by atoms with E-state index in [0.717, 1.165) is 43.9 Å². The molecule has 1 saturated heterocycles. The Morgan fingerprint density at radius 1 is 1.10 bits per heavy atom. The van der Waals surface area contributed by atoms with Crippen LogP contribution in [0.15, 0.2) is 49.2 Å². The summed E-state index contributed by atoms with van der Waals surface area (Å²) < 4.78 is 59.3. The summed E-state index contributed by atoms with van der Waals surface area (Å²) in [7, 11) is 0.334. The standard InChI is InChI=1S/C27H31F2N7O2S/c1-4-13-39(37,38)33-22-6-5-21(28)27(25(22)29)36-16-20(18-14-30-17-31-15-18)26-23(36)7-8-24(32-26)35(3)19-9-11-34(2)12-10-19/h5-8,14-17,19,33H,4,9-13H2,1-3H3. The summed E-state index contributed by atoms with van der Waals surface area (Å²) in [6.07, 6.45) is 8.58. The third-order valence-corrected chi connectivity index (χ3v) is 8.62. The first-order valence-corrected chi connectivity index (χ1v) is 14.5. The molecule has 206 valence electrons. The Balaban J connectivity index is 1.65. The van der Waals surface area contributed by atoms with E-state index >= 15 is 8.78 Å². The molecule has 1 N–H and O–H groups in total. The van der Waals surface area contributed by atoms with Gasteiger partial charge in [-0.1, -0.05) is 6.92 Å². The van der Waals surface area contributed by atoms with Crippen molar-refractivity contribution in [3.05, 3.63) is 60.8 Å². The molecule has 0 radical (unpaired) electrons. The molecule has 0 saturated carbocycles. The van der Waals surface area contributed by atoms with Crippen LogP contribution in [0.4, 0.5) is 20.3 Å². The van der Waals surface area contributed by atoms with Crippen molar-refractivity contribution in [1.82, 2.24) is 24.4 Å². The van der Waals surface area contributed by atoms with Crippen LogP contribution in [0, 0.1) is 11.6 Å². The van der Waals surface area contributed by atoms with Gasteiger partial charge in [0.15, 0.2) is 5.82 Å². The lowest BCUT2D eigenvalue weighted by atomic mass is 10.0. The summed E-state index contributed by atoms with van der Waals surface area (Å²) >= 11 is 0. The van der Waals surface area contributed by atoms with Crippen LogP contribution in [0.2, 0.25) is 0 Å². The Morgan fingerprint density at radius 2 is 1.82 bits per heavy atom. The van der Waals surface area contributed by atoms with Crippen LogP contribution >= 0.6 is 0 Å². The number of benzene rings is 1. The van der Waals surface area contributed by atoms with Crippen molar-refractivity contribution in [3.63, 3.8) is 0 Å². The molecule has 0 amide bonds. The summed E-state index contributed by atoms with van der Waals surface area (Å²) in [5.41, 5.74) is 1.49. The van der Waals surface area contributed by atoms with E-state index in [1.165, 1.54) is 10.9 Å². The molecule has 1 aliphatic heterocycles. The van der Waals surface area contributed by atoms with Gasteiger partial charge in [-0.15, -0.1) is 0 Å². The molecule has 39 heavy (non-hydrogen) atoms. The highest BCUT2D eigenvalue weighted by atomic mass is 32.2. The zero-order valence-corrected chi connectivity index (χ0v) is 22.9. The third kappa shape index (κ3) is 5.44. The smallest absolute Gasteiger partial charge is 0.232 e. The highest BCUT2D eigenvalue weighted by Crippen LogP contribution is 2.36. The van der Waals surface area contributed by atoms with Gasteiger partial charge in [-0.25, -0.2) is 32.2 Å². The van der Waals surface area contributed by atoms with Crippen LogP contribution in [0.5, 0.6) is 0 Å². The van der Waals surface area contributed by atoms with E-state index in [-0.39, 0.29) is 11.4 Å². The molecule has 4 heterocycles. The van der Waals surface area contributed by atoms with Gasteiger partial charge < -0.3 is 14.4 Å². The highest BCUT2D eigenvalue weighted by Gasteiger charge is 2.25. The van der Waals surface area contributed by atoms with Crippen LogP contribution < -0.4 is 9.62 Å². The normalized spacial score (nSPS) is 15.1. The molecule has 4 aromatic rings. The van der Waals surface area contributed by atoms with Crippen molar-refractivity contribution in [2.24, 2.45) is 0 Å². The molecule has 1 aliphatic rings. The topological polar surface area (TPSA) is 96.2 Å². The number of hydrogen-bond acceptors (Lipinski definition) is 7. The van der Waals surface area contributed by atoms with Crippen molar-refractivity contribution >= 4 is 32.6 Å². The highest BCUT2D eigenvalue weighted by molar-refractivity contribution is 7.92. The fraction of sp³-hybridized carbons (Fsp3) is 0.370. The Bertz CT molecular complexity index is 1590. The summed E-state index contributed by atoms with van der Waals surface area (Å²) in [4.78, 5) is 17.6. The van der Waals surface area contributed by atoms with Gasteiger partial charge in [0, 0.05) is 42.8 Å². The van der Waals surface area contributed by atoms with E-state index < -0.39 is 27.3 Å². The molecule has 0 bridgehead atoms. The largest absolute Gasteiger partial charge is 0.357 e. The van der Waals surface area contributed by atoms with Gasteiger partial charge in [0.25, 0.3) is 0 Å². The second-order valence-corrected chi connectivity index (χ2v) is 11.7. The lowest BCUT2D eigenvalue weighted by Crippen LogP contribution is -2.42. The van der Waals surface area contributed by atoms with Gasteiger partial charge in [-0.2, -0.15) is 0 Å². The molecule has 0 aliphatic carbocycles. The maximum atomic E-state index is 15.8. The monoisotopic (exact) mass is 555 g/mol. The predicted molar refractivity (Wildman–Crippen MR) is 149 cm³/mol. The number of rotatable bonds is 8. The van der Waals surface area contributed by atoms with E-state index in [1.807, 2.05) is 13.1 Å². The summed E-state index contributed by atoms with van der Waals surface area (Å²) in [6, 6.07) is 6.08. The average Bonchev–Trinajstić information content (AvgIpc) is 3.29. The van der Waals surface area contributed by atoms with Gasteiger partial charge in [0.1, 0.15) is 23.6 Å². The maximum Gasteiger partial charge on any atom is 0.232 e. The molecule has 9 nitrogen and oxygen atoms in total. The van der Waals surface area contributed by atoms with Crippen molar-refractivity contribution in [2.45, 2.75) is 32.2 Å². The summed E-state index contributed by atoms with van der Waals surface area (Å²) in [5, 5.41) is 0. The van der Waals surface area contributed by atoms with E-state index in [9.17, 15) is 8.42 Å². The fourth-order valence-electron chi connectivity index (χ4n) is 5.02. The molecule has 12 heteroatoms. The number of fused-ring (bicyclic) bond motifs is 1. The minimum Gasteiger partial charge on any atom is -0.357 e. The van der Waals surface area contributed by atoms with E-state index in [4.69, 9.17) is 4.98 Å². The third-order valence-electron chi connectivity index (χ3n) is 7.15. The van der Waals surface area contributed by atoms with Crippen molar-refractivity contribution < 1.29 is 17.2 Å². The molecule has 3 aromatic heterocycles. The van der Waals surface area contributed by atoms with Crippen molar-refractivity contribution in [1.29, 1.82) is 0 Å². The lowest BCUT2D eigenvalue weighted by molar-refractivity contribution is 0.252. The van der Waals surface area contributed by atoms with Crippen LogP contribution in [0.3, 0.4) is 0 Å². The lowest BCUT2D eigenvalue weighted by Gasteiger charge is -2.35. The minimum absolute atomic E-state index is 0.179. The van der Waals surface area contributed by atoms with Crippen LogP contribution in [0.25, 0.3) is 27.8 Å². The SMILES string of the molecule is CCCS(=O)(=O)Nc1ccc(F)c(-n2cc(-c3cncnc3)c3nc(N(C)C4CCN(C)CC4)ccc32)c1F. The summed E-state index contributed by atoms with van der Waals surface area (Å²) in [5.74, 6) is -1.29. The summed E-state index contributed by atoms with van der Waals surface area (Å²) in [6.45, 7) is 3.70. The molecular weight excluding hydrogens is 524 g/mol. The number of nitrogens with zero attached hydrogens (tertiary/aromatic N) is 6. The molecule has 1 aromatic carbocycles. The first-order valence-electron chi connectivity index (χ1n) is 12.9. The second kappa shape index (κ2) is 10.9. The minimum atomic E-state index is -3.79.